The van der Waals surface area contributed by atoms with Crippen LogP contribution in [0.5, 0.6) is 0 Å². The Hall–Kier alpha value is -0.120. The smallest absolute Gasteiger partial charge is 0.0927 e. The Morgan fingerprint density at radius 1 is 1.70 bits per heavy atom. The minimum absolute atomic E-state index is 0.249. The Labute approximate surface area is 61.4 Å². The van der Waals surface area contributed by atoms with E-state index in [1.54, 1.807) is 0 Å². The Bertz CT molecular complexity index is 95.6. The van der Waals surface area contributed by atoms with Crippen LogP contribution in [0.25, 0.3) is 0 Å². The SMILES string of the molecule is CCN[C@H]1CCOC[C@@H]1O. The van der Waals surface area contributed by atoms with E-state index < -0.39 is 0 Å². The summed E-state index contributed by atoms with van der Waals surface area (Å²) in [6, 6.07) is 0.249. The molecule has 1 saturated heterocycles. The van der Waals surface area contributed by atoms with Crippen molar-refractivity contribution in [3.8, 4) is 0 Å². The lowest BCUT2D eigenvalue weighted by Crippen LogP contribution is -2.46. The van der Waals surface area contributed by atoms with Gasteiger partial charge in [-0.15, -0.1) is 0 Å². The molecule has 0 aromatic heterocycles. The van der Waals surface area contributed by atoms with Crippen LogP contribution in [0.2, 0.25) is 0 Å². The number of nitrogens with one attached hydrogen (secondary N) is 1. The van der Waals surface area contributed by atoms with Crippen molar-refractivity contribution in [3.05, 3.63) is 0 Å². The van der Waals surface area contributed by atoms with Crippen molar-refractivity contribution in [2.24, 2.45) is 0 Å². The number of hydrogen-bond acceptors (Lipinski definition) is 3. The van der Waals surface area contributed by atoms with Crippen molar-refractivity contribution in [2.75, 3.05) is 19.8 Å². The first kappa shape index (κ1) is 7.98. The first-order valence-electron chi connectivity index (χ1n) is 3.83. The van der Waals surface area contributed by atoms with Gasteiger partial charge in [0.15, 0.2) is 0 Å². The minimum Gasteiger partial charge on any atom is -0.389 e. The van der Waals surface area contributed by atoms with Crippen molar-refractivity contribution in [1.82, 2.24) is 5.32 Å². The third-order valence-electron chi connectivity index (χ3n) is 1.79. The lowest BCUT2D eigenvalue weighted by Gasteiger charge is -2.27. The maximum atomic E-state index is 9.31. The molecule has 3 nitrogen and oxygen atoms in total. The zero-order valence-electron chi connectivity index (χ0n) is 6.34. The molecule has 2 N–H and O–H groups in total. The highest BCUT2D eigenvalue weighted by Crippen LogP contribution is 2.06. The molecule has 60 valence electrons. The van der Waals surface area contributed by atoms with Gasteiger partial charge in [0.05, 0.1) is 12.7 Å². The zero-order valence-corrected chi connectivity index (χ0v) is 6.34. The molecule has 10 heavy (non-hydrogen) atoms. The summed E-state index contributed by atoms with van der Waals surface area (Å²) >= 11 is 0. The van der Waals surface area contributed by atoms with Gasteiger partial charge < -0.3 is 15.2 Å². The Morgan fingerprint density at radius 3 is 3.10 bits per heavy atom. The molecule has 2 atom stereocenters. The molecule has 0 spiro atoms. The summed E-state index contributed by atoms with van der Waals surface area (Å²) < 4.78 is 5.07. The van der Waals surface area contributed by atoms with E-state index in [0.717, 1.165) is 19.6 Å². The highest BCUT2D eigenvalue weighted by atomic mass is 16.5. The average molecular weight is 145 g/mol. The van der Waals surface area contributed by atoms with E-state index in [1.807, 2.05) is 6.92 Å². The van der Waals surface area contributed by atoms with Crippen LogP contribution in [-0.4, -0.2) is 37.0 Å². The number of likely N-dealkylation sites (N-methyl/N-ethyl adjacent to an activating group) is 1. The summed E-state index contributed by atoms with van der Waals surface area (Å²) in [6.07, 6.45) is 0.614. The number of aliphatic hydroxyl groups is 1. The van der Waals surface area contributed by atoms with Crippen molar-refractivity contribution in [2.45, 2.75) is 25.5 Å². The van der Waals surface area contributed by atoms with Crippen LogP contribution >= 0.6 is 0 Å². The fourth-order valence-corrected chi connectivity index (χ4v) is 1.22. The summed E-state index contributed by atoms with van der Waals surface area (Å²) in [5.74, 6) is 0. The first-order chi connectivity index (χ1) is 4.84. The Morgan fingerprint density at radius 2 is 2.50 bits per heavy atom. The van der Waals surface area contributed by atoms with E-state index in [9.17, 15) is 5.11 Å². The van der Waals surface area contributed by atoms with Crippen LogP contribution in [0.4, 0.5) is 0 Å². The molecule has 0 aromatic carbocycles. The summed E-state index contributed by atoms with van der Waals surface area (Å²) in [7, 11) is 0. The molecule has 1 fully saturated rings. The van der Waals surface area contributed by atoms with Gasteiger partial charge in [-0.2, -0.15) is 0 Å². The van der Waals surface area contributed by atoms with E-state index in [1.165, 1.54) is 0 Å². The van der Waals surface area contributed by atoms with Crippen molar-refractivity contribution < 1.29 is 9.84 Å². The largest absolute Gasteiger partial charge is 0.389 e. The normalized spacial score (nSPS) is 34.2. The molecule has 1 heterocycles. The summed E-state index contributed by atoms with van der Waals surface area (Å²) in [5, 5.41) is 12.5. The number of hydrogen-bond donors (Lipinski definition) is 2. The molecule has 0 unspecified atom stereocenters. The van der Waals surface area contributed by atoms with Gasteiger partial charge in [-0.1, -0.05) is 6.92 Å². The van der Waals surface area contributed by atoms with Crippen LogP contribution in [0.3, 0.4) is 0 Å². The van der Waals surface area contributed by atoms with Gasteiger partial charge in [-0.25, -0.2) is 0 Å². The van der Waals surface area contributed by atoms with Gasteiger partial charge in [0.1, 0.15) is 0 Å². The lowest BCUT2D eigenvalue weighted by atomic mass is 10.1. The second kappa shape index (κ2) is 3.91. The monoisotopic (exact) mass is 145 g/mol. The molecular formula is C7H15NO2. The number of rotatable bonds is 2. The topological polar surface area (TPSA) is 41.5 Å². The van der Waals surface area contributed by atoms with E-state index >= 15 is 0 Å². The predicted molar refractivity (Wildman–Crippen MR) is 38.9 cm³/mol. The Balaban J connectivity index is 2.25. The Kier molecular flexibility index (Phi) is 3.12. The second-order valence-electron chi connectivity index (χ2n) is 2.60. The molecule has 0 aliphatic carbocycles. The van der Waals surface area contributed by atoms with E-state index in [2.05, 4.69) is 5.32 Å². The van der Waals surface area contributed by atoms with Crippen molar-refractivity contribution >= 4 is 0 Å². The first-order valence-corrected chi connectivity index (χ1v) is 3.83. The van der Waals surface area contributed by atoms with Gasteiger partial charge >= 0.3 is 0 Å². The second-order valence-corrected chi connectivity index (χ2v) is 2.60. The molecule has 3 heteroatoms. The van der Waals surface area contributed by atoms with E-state index in [0.29, 0.717) is 6.61 Å². The fraction of sp³-hybridized carbons (Fsp3) is 1.00. The molecule has 0 aromatic rings. The highest BCUT2D eigenvalue weighted by Gasteiger charge is 2.21. The molecule has 0 bridgehead atoms. The van der Waals surface area contributed by atoms with E-state index in [4.69, 9.17) is 4.74 Å². The fourth-order valence-electron chi connectivity index (χ4n) is 1.22. The predicted octanol–water partition coefficient (Wildman–Crippen LogP) is -0.254. The third-order valence-corrected chi connectivity index (χ3v) is 1.79. The van der Waals surface area contributed by atoms with Crippen LogP contribution in [0.15, 0.2) is 0 Å². The summed E-state index contributed by atoms with van der Waals surface area (Å²) in [5.41, 5.74) is 0. The van der Waals surface area contributed by atoms with Gasteiger partial charge in [0.2, 0.25) is 0 Å². The van der Waals surface area contributed by atoms with Gasteiger partial charge in [-0.05, 0) is 13.0 Å². The molecule has 0 saturated carbocycles. The number of ether oxygens (including phenoxy) is 1. The quantitative estimate of drug-likeness (QED) is 0.563. The highest BCUT2D eigenvalue weighted by molar-refractivity contribution is 4.77. The van der Waals surface area contributed by atoms with Crippen LogP contribution in [-0.2, 0) is 4.74 Å². The maximum absolute atomic E-state index is 9.31. The third kappa shape index (κ3) is 1.94. The molecular weight excluding hydrogens is 130 g/mol. The standard InChI is InChI=1S/C7H15NO2/c1-2-8-6-3-4-10-5-7(6)9/h6-9H,2-5H2,1H3/t6-,7-/m0/s1. The van der Waals surface area contributed by atoms with Crippen LogP contribution in [0.1, 0.15) is 13.3 Å². The zero-order chi connectivity index (χ0) is 7.40. The van der Waals surface area contributed by atoms with Crippen LogP contribution < -0.4 is 5.32 Å². The van der Waals surface area contributed by atoms with Crippen molar-refractivity contribution in [1.29, 1.82) is 0 Å². The molecule has 0 amide bonds. The van der Waals surface area contributed by atoms with E-state index in [-0.39, 0.29) is 12.1 Å². The molecule has 1 aliphatic rings. The van der Waals surface area contributed by atoms with Crippen molar-refractivity contribution in [3.63, 3.8) is 0 Å². The van der Waals surface area contributed by atoms with Gasteiger partial charge in [-0.3, -0.25) is 0 Å². The minimum atomic E-state index is -0.311. The lowest BCUT2D eigenvalue weighted by molar-refractivity contribution is -0.0271. The molecule has 0 radical (unpaired) electrons. The number of aliphatic hydroxyl groups excluding tert-OH is 1. The average Bonchev–Trinajstić information content (AvgIpc) is 1.94. The van der Waals surface area contributed by atoms with Gasteiger partial charge in [0.25, 0.3) is 0 Å². The summed E-state index contributed by atoms with van der Waals surface area (Å²) in [4.78, 5) is 0. The molecule has 1 aliphatic heterocycles. The van der Waals surface area contributed by atoms with Crippen LogP contribution in [0, 0.1) is 0 Å². The summed E-state index contributed by atoms with van der Waals surface area (Å²) in [6.45, 7) is 4.22. The molecule has 1 rings (SSSR count). The maximum Gasteiger partial charge on any atom is 0.0927 e. The van der Waals surface area contributed by atoms with Gasteiger partial charge in [0, 0.05) is 12.6 Å².